The fourth-order valence-electron chi connectivity index (χ4n) is 2.25. The number of hydrogen-bond donors (Lipinski definition) is 4. The van der Waals surface area contributed by atoms with E-state index in [0.29, 0.717) is 5.75 Å². The molecule has 1 aromatic carbocycles. The summed E-state index contributed by atoms with van der Waals surface area (Å²) in [6, 6.07) is 5.69. The fourth-order valence-corrected chi connectivity index (χ4v) is 2.72. The Morgan fingerprint density at radius 1 is 1.38 bits per heavy atom. The number of hydrogen-bond acceptors (Lipinski definition) is 8. The van der Waals surface area contributed by atoms with E-state index in [4.69, 9.17) is 10.1 Å². The Labute approximate surface area is 170 Å². The molecule has 2 aromatic rings. The van der Waals surface area contributed by atoms with E-state index < -0.39 is 18.8 Å². The molecule has 2 rings (SSSR count). The number of ether oxygens (including phenoxy) is 1. The number of alkyl halides is 2. The lowest BCUT2D eigenvalue weighted by Crippen LogP contribution is -2.18. The van der Waals surface area contributed by atoms with E-state index in [1.54, 1.807) is 18.9 Å². The molecule has 0 saturated heterocycles. The second kappa shape index (κ2) is 11.1. The second-order valence-electron chi connectivity index (χ2n) is 5.59. The van der Waals surface area contributed by atoms with Crippen molar-refractivity contribution >= 4 is 29.7 Å². The lowest BCUT2D eigenvalue weighted by molar-refractivity contribution is 0.150. The first-order valence-corrected chi connectivity index (χ1v) is 9.65. The van der Waals surface area contributed by atoms with Gasteiger partial charge in [0, 0.05) is 29.4 Å². The van der Waals surface area contributed by atoms with Gasteiger partial charge in [0.1, 0.15) is 5.75 Å². The summed E-state index contributed by atoms with van der Waals surface area (Å²) in [7, 11) is 1.55. The molecule has 0 atom stereocenters. The van der Waals surface area contributed by atoms with Gasteiger partial charge < -0.3 is 26.1 Å². The summed E-state index contributed by atoms with van der Waals surface area (Å²) in [4.78, 5) is 8.88. The molecule has 0 unspecified atom stereocenters. The Morgan fingerprint density at radius 3 is 2.83 bits per heavy atom. The van der Waals surface area contributed by atoms with Crippen LogP contribution in [0.25, 0.3) is 0 Å². The van der Waals surface area contributed by atoms with Gasteiger partial charge in [-0.1, -0.05) is 0 Å². The Kier molecular flexibility index (Phi) is 8.59. The molecule has 0 saturated carbocycles. The van der Waals surface area contributed by atoms with Crippen LogP contribution in [0, 0.1) is 11.2 Å². The molecular weight excluding hydrogens is 405 g/mol. The van der Waals surface area contributed by atoms with Gasteiger partial charge in [0.05, 0.1) is 25.5 Å². The van der Waals surface area contributed by atoms with Crippen molar-refractivity contribution in [1.29, 1.82) is 5.41 Å². The van der Waals surface area contributed by atoms with E-state index >= 15 is 0 Å². The summed E-state index contributed by atoms with van der Waals surface area (Å²) < 4.78 is 43.8. The predicted molar refractivity (Wildman–Crippen MR) is 109 cm³/mol. The molecule has 0 bridgehead atoms. The molecule has 0 fully saturated rings. The molecule has 0 aliphatic heterocycles. The van der Waals surface area contributed by atoms with E-state index in [0.717, 1.165) is 22.9 Å². The van der Waals surface area contributed by atoms with E-state index in [1.165, 1.54) is 6.20 Å². The zero-order valence-electron chi connectivity index (χ0n) is 15.8. The number of halogens is 3. The van der Waals surface area contributed by atoms with Crippen LogP contribution in [0.5, 0.6) is 5.75 Å². The van der Waals surface area contributed by atoms with E-state index in [2.05, 4.69) is 25.9 Å². The maximum atomic E-state index is 14.1. The zero-order chi connectivity index (χ0) is 21.2. The van der Waals surface area contributed by atoms with Crippen molar-refractivity contribution < 1.29 is 17.9 Å². The molecule has 0 aliphatic rings. The van der Waals surface area contributed by atoms with Gasteiger partial charge in [-0.2, -0.15) is 4.98 Å². The Bertz CT molecular complexity index is 865. The van der Waals surface area contributed by atoms with Crippen LogP contribution in [0.4, 0.5) is 24.9 Å². The molecular formula is C18H21F3N6OS. The second-order valence-corrected chi connectivity index (χ2v) is 6.47. The number of allylic oxidation sites excluding steroid dienone is 1. The van der Waals surface area contributed by atoms with Crippen molar-refractivity contribution in [1.82, 2.24) is 15.3 Å². The van der Waals surface area contributed by atoms with Crippen LogP contribution >= 0.6 is 11.8 Å². The molecule has 1 aromatic heterocycles. The van der Waals surface area contributed by atoms with Gasteiger partial charge in [0.15, 0.2) is 11.6 Å². The Morgan fingerprint density at radius 2 is 2.17 bits per heavy atom. The molecule has 156 valence electrons. The summed E-state index contributed by atoms with van der Waals surface area (Å²) in [5.74, 6) is -0.0507. The smallest absolute Gasteiger partial charge is 0.255 e. The van der Waals surface area contributed by atoms with Crippen LogP contribution in [0.2, 0.25) is 0 Å². The number of nitrogens with one attached hydrogen (secondary N) is 4. The molecule has 4 N–H and O–H groups in total. The third kappa shape index (κ3) is 6.86. The number of thioether (sulfide) groups is 1. The monoisotopic (exact) mass is 426 g/mol. The van der Waals surface area contributed by atoms with Crippen LogP contribution < -0.4 is 20.7 Å². The highest BCUT2D eigenvalue weighted by Gasteiger charge is 2.10. The van der Waals surface area contributed by atoms with Gasteiger partial charge in [0.2, 0.25) is 5.95 Å². The third-order valence-electron chi connectivity index (χ3n) is 3.62. The number of nitrogens with zero attached hydrogens (tertiary/aromatic N) is 2. The molecule has 0 aliphatic carbocycles. The van der Waals surface area contributed by atoms with Crippen LogP contribution in [-0.4, -0.2) is 42.5 Å². The van der Waals surface area contributed by atoms with Gasteiger partial charge in [-0.25, -0.2) is 18.2 Å². The van der Waals surface area contributed by atoms with Gasteiger partial charge in [0.25, 0.3) is 6.43 Å². The van der Waals surface area contributed by atoms with E-state index in [-0.39, 0.29) is 24.0 Å². The maximum Gasteiger partial charge on any atom is 0.255 e. The van der Waals surface area contributed by atoms with Crippen molar-refractivity contribution in [3.8, 4) is 5.75 Å². The Hall–Kier alpha value is -2.95. The lowest BCUT2D eigenvalue weighted by Gasteiger charge is -2.13. The van der Waals surface area contributed by atoms with Crippen LogP contribution in [-0.2, 0) is 6.54 Å². The molecule has 7 nitrogen and oxygen atoms in total. The van der Waals surface area contributed by atoms with Crippen molar-refractivity contribution in [2.45, 2.75) is 17.9 Å². The van der Waals surface area contributed by atoms with Crippen molar-refractivity contribution in [2.75, 3.05) is 30.5 Å². The first-order chi connectivity index (χ1) is 14.0. The number of rotatable bonds is 11. The average molecular weight is 426 g/mol. The summed E-state index contributed by atoms with van der Waals surface area (Å²) in [5, 5.41) is 15.2. The minimum Gasteiger partial charge on any atom is -0.496 e. The highest BCUT2D eigenvalue weighted by molar-refractivity contribution is 7.98. The molecule has 0 spiro atoms. The fraction of sp³-hybridized carbons (Fsp3) is 0.278. The molecule has 0 amide bonds. The largest absolute Gasteiger partial charge is 0.496 e. The Balaban J connectivity index is 2.12. The van der Waals surface area contributed by atoms with Crippen molar-refractivity contribution in [3.63, 3.8) is 0 Å². The maximum absolute atomic E-state index is 14.1. The minimum atomic E-state index is -2.53. The number of aromatic nitrogens is 2. The highest BCUT2D eigenvalue weighted by atomic mass is 32.2. The van der Waals surface area contributed by atoms with Crippen LogP contribution in [0.3, 0.4) is 0 Å². The topological polar surface area (TPSA) is 95.0 Å². The molecule has 0 radical (unpaired) electrons. The predicted octanol–water partition coefficient (Wildman–Crippen LogP) is 3.72. The van der Waals surface area contributed by atoms with Crippen molar-refractivity contribution in [3.05, 3.63) is 47.7 Å². The standard InChI is InChI=1S/C18H21F3N6OS/c1-28-15-4-3-13(29-2)5-11(15)7-24-17-14(19)9-25-18(27-17)26-12(6-22)8-23-10-16(20)21/h3-6,8-9,16,22-23H,7,10H2,1-2H3,(H2,24,25,26,27)/b12-8+,22-6?. The quantitative estimate of drug-likeness (QED) is 0.321. The van der Waals surface area contributed by atoms with Crippen LogP contribution in [0.15, 0.2) is 41.2 Å². The summed E-state index contributed by atoms with van der Waals surface area (Å²) in [6.45, 7) is -0.304. The number of anilines is 2. The van der Waals surface area contributed by atoms with Gasteiger partial charge in [-0.3, -0.25) is 0 Å². The summed E-state index contributed by atoms with van der Waals surface area (Å²) >= 11 is 1.57. The zero-order valence-corrected chi connectivity index (χ0v) is 16.6. The normalized spacial score (nSPS) is 11.3. The van der Waals surface area contributed by atoms with Crippen molar-refractivity contribution in [2.24, 2.45) is 0 Å². The molecule has 11 heteroatoms. The summed E-state index contributed by atoms with van der Waals surface area (Å²) in [5.41, 5.74) is 0.959. The SMILES string of the molecule is COc1ccc(SC)cc1CNc1nc(N/C(C=N)=C/NCC(F)F)ncc1F. The van der Waals surface area contributed by atoms with Crippen LogP contribution in [0.1, 0.15) is 5.56 Å². The van der Waals surface area contributed by atoms with Gasteiger partial charge in [-0.05, 0) is 24.5 Å². The third-order valence-corrected chi connectivity index (χ3v) is 4.34. The van der Waals surface area contributed by atoms with E-state index in [9.17, 15) is 13.2 Å². The van der Waals surface area contributed by atoms with E-state index in [1.807, 2.05) is 24.5 Å². The first kappa shape index (κ1) is 22.3. The van der Waals surface area contributed by atoms with Gasteiger partial charge in [-0.15, -0.1) is 11.8 Å². The minimum absolute atomic E-state index is 0.00678. The molecule has 29 heavy (non-hydrogen) atoms. The lowest BCUT2D eigenvalue weighted by atomic mass is 10.2. The number of benzene rings is 1. The highest BCUT2D eigenvalue weighted by Crippen LogP contribution is 2.25. The number of methoxy groups -OCH3 is 1. The van der Waals surface area contributed by atoms with Gasteiger partial charge >= 0.3 is 0 Å². The first-order valence-electron chi connectivity index (χ1n) is 8.43. The summed E-state index contributed by atoms with van der Waals surface area (Å²) in [6.07, 6.45) is 2.49. The average Bonchev–Trinajstić information content (AvgIpc) is 2.72. The molecule has 1 heterocycles.